The highest BCUT2D eigenvalue weighted by Gasteiger charge is 2.19. The summed E-state index contributed by atoms with van der Waals surface area (Å²) in [7, 11) is 1.54. The third-order valence-electron chi connectivity index (χ3n) is 2.85. The zero-order chi connectivity index (χ0) is 15.3. The van der Waals surface area contributed by atoms with Crippen molar-refractivity contribution in [2.24, 2.45) is 0 Å². The number of aryl methyl sites for hydroxylation is 1. The Morgan fingerprint density at radius 2 is 2.10 bits per heavy atom. The third-order valence-corrected chi connectivity index (χ3v) is 3.71. The fourth-order valence-corrected chi connectivity index (χ4v) is 1.89. The molecule has 0 radical (unpaired) electrons. The van der Waals surface area contributed by atoms with Crippen LogP contribution in [0.4, 0.5) is 5.69 Å². The summed E-state index contributed by atoms with van der Waals surface area (Å²) < 4.78 is 0.866. The van der Waals surface area contributed by atoms with Gasteiger partial charge < -0.3 is 15.3 Å². The summed E-state index contributed by atoms with van der Waals surface area (Å²) in [5, 5.41) is 11.7. The molecule has 0 bridgehead atoms. The smallest absolute Gasteiger partial charge is 0.313 e. The van der Waals surface area contributed by atoms with Crippen LogP contribution in [-0.2, 0) is 9.59 Å². The van der Waals surface area contributed by atoms with Crippen molar-refractivity contribution in [3.63, 3.8) is 0 Å². The molecule has 1 unspecified atom stereocenters. The molecule has 0 aromatic heterocycles. The molecule has 0 aliphatic carbocycles. The van der Waals surface area contributed by atoms with Gasteiger partial charge in [-0.3, -0.25) is 9.59 Å². The first kappa shape index (κ1) is 16.7. The van der Waals surface area contributed by atoms with Gasteiger partial charge in [-0.15, -0.1) is 0 Å². The molecule has 0 aliphatic rings. The van der Waals surface area contributed by atoms with Crippen molar-refractivity contribution in [1.82, 2.24) is 4.90 Å². The van der Waals surface area contributed by atoms with E-state index in [-0.39, 0.29) is 0 Å². The van der Waals surface area contributed by atoms with Crippen molar-refractivity contribution in [3.05, 3.63) is 28.2 Å². The van der Waals surface area contributed by atoms with E-state index in [0.717, 1.165) is 10.0 Å². The highest BCUT2D eigenvalue weighted by molar-refractivity contribution is 9.10. The van der Waals surface area contributed by atoms with E-state index in [9.17, 15) is 9.59 Å². The minimum Gasteiger partial charge on any atom is -0.393 e. The van der Waals surface area contributed by atoms with Gasteiger partial charge in [-0.25, -0.2) is 0 Å². The number of aliphatic hydroxyl groups excluding tert-OH is 1. The van der Waals surface area contributed by atoms with Gasteiger partial charge in [-0.05, 0) is 38.0 Å². The maximum atomic E-state index is 11.8. The van der Waals surface area contributed by atoms with Gasteiger partial charge in [0.15, 0.2) is 0 Å². The average molecular weight is 343 g/mol. The second-order valence-electron chi connectivity index (χ2n) is 4.78. The Labute approximate surface area is 127 Å². The summed E-state index contributed by atoms with van der Waals surface area (Å²) in [5.74, 6) is -1.31. The van der Waals surface area contributed by atoms with Crippen molar-refractivity contribution in [2.75, 3.05) is 18.9 Å². The van der Waals surface area contributed by atoms with Gasteiger partial charge in [0.2, 0.25) is 0 Å². The average Bonchev–Trinajstić information content (AvgIpc) is 2.39. The van der Waals surface area contributed by atoms with E-state index in [4.69, 9.17) is 5.11 Å². The molecular weight excluding hydrogens is 324 g/mol. The maximum Gasteiger partial charge on any atom is 0.313 e. The number of carbonyl (C=O) groups excluding carboxylic acids is 2. The standard InChI is InChI=1S/C14H19BrN2O3/c1-9-4-5-11(8-12(9)15)16-13(19)14(20)17(3)7-6-10(2)18/h4-5,8,10,18H,6-7H2,1-3H3,(H,16,19). The Morgan fingerprint density at radius 1 is 1.45 bits per heavy atom. The van der Waals surface area contributed by atoms with Gasteiger partial charge in [0, 0.05) is 23.8 Å². The fourth-order valence-electron chi connectivity index (χ4n) is 1.51. The van der Waals surface area contributed by atoms with Crippen LogP contribution in [0.5, 0.6) is 0 Å². The number of nitrogens with one attached hydrogen (secondary N) is 1. The van der Waals surface area contributed by atoms with Crippen molar-refractivity contribution in [2.45, 2.75) is 26.4 Å². The van der Waals surface area contributed by atoms with Gasteiger partial charge in [-0.2, -0.15) is 0 Å². The Balaban J connectivity index is 2.61. The number of hydrogen-bond acceptors (Lipinski definition) is 3. The van der Waals surface area contributed by atoms with E-state index in [1.54, 1.807) is 19.1 Å². The number of likely N-dealkylation sites (N-methyl/N-ethyl adjacent to an activating group) is 1. The quantitative estimate of drug-likeness (QED) is 0.821. The molecule has 2 N–H and O–H groups in total. The normalized spacial score (nSPS) is 11.8. The predicted octanol–water partition coefficient (Wildman–Crippen LogP) is 1.93. The Hall–Kier alpha value is -1.40. The fraction of sp³-hybridized carbons (Fsp3) is 0.429. The lowest BCUT2D eigenvalue weighted by Crippen LogP contribution is -2.38. The van der Waals surface area contributed by atoms with E-state index in [1.807, 2.05) is 13.0 Å². The summed E-state index contributed by atoms with van der Waals surface area (Å²) in [6, 6.07) is 5.33. The summed E-state index contributed by atoms with van der Waals surface area (Å²) >= 11 is 3.37. The lowest BCUT2D eigenvalue weighted by atomic mass is 10.2. The number of benzene rings is 1. The first-order valence-corrected chi connectivity index (χ1v) is 7.11. The lowest BCUT2D eigenvalue weighted by molar-refractivity contribution is -0.142. The van der Waals surface area contributed by atoms with Crippen LogP contribution in [0.2, 0.25) is 0 Å². The molecule has 1 rings (SSSR count). The molecule has 1 aromatic carbocycles. The second kappa shape index (κ2) is 7.40. The van der Waals surface area contributed by atoms with Gasteiger partial charge in [0.25, 0.3) is 0 Å². The molecule has 0 saturated carbocycles. The Bertz CT molecular complexity index is 503. The Morgan fingerprint density at radius 3 is 2.65 bits per heavy atom. The number of rotatable bonds is 4. The van der Waals surface area contributed by atoms with Crippen LogP contribution in [0.25, 0.3) is 0 Å². The number of anilines is 1. The molecule has 0 saturated heterocycles. The predicted molar refractivity (Wildman–Crippen MR) is 81.4 cm³/mol. The molecular formula is C14H19BrN2O3. The number of carbonyl (C=O) groups is 2. The molecule has 6 heteroatoms. The zero-order valence-electron chi connectivity index (χ0n) is 11.8. The van der Waals surface area contributed by atoms with E-state index in [2.05, 4.69) is 21.2 Å². The zero-order valence-corrected chi connectivity index (χ0v) is 13.4. The SMILES string of the molecule is Cc1ccc(NC(=O)C(=O)N(C)CCC(C)O)cc1Br. The summed E-state index contributed by atoms with van der Waals surface area (Å²) in [6.07, 6.45) is -0.0626. The van der Waals surface area contributed by atoms with Crippen LogP contribution in [0.15, 0.2) is 22.7 Å². The van der Waals surface area contributed by atoms with Crippen LogP contribution < -0.4 is 5.32 Å². The molecule has 0 spiro atoms. The number of aliphatic hydroxyl groups is 1. The lowest BCUT2D eigenvalue weighted by Gasteiger charge is -2.17. The largest absolute Gasteiger partial charge is 0.393 e. The van der Waals surface area contributed by atoms with E-state index >= 15 is 0 Å². The highest BCUT2D eigenvalue weighted by Crippen LogP contribution is 2.20. The van der Waals surface area contributed by atoms with Crippen molar-refractivity contribution >= 4 is 33.4 Å². The Kier molecular flexibility index (Phi) is 6.16. The topological polar surface area (TPSA) is 69.6 Å². The summed E-state index contributed by atoms with van der Waals surface area (Å²) in [5.41, 5.74) is 1.60. The van der Waals surface area contributed by atoms with Crippen molar-refractivity contribution in [1.29, 1.82) is 0 Å². The number of nitrogens with zero attached hydrogens (tertiary/aromatic N) is 1. The first-order valence-electron chi connectivity index (χ1n) is 6.32. The minimum atomic E-state index is -0.686. The van der Waals surface area contributed by atoms with Gasteiger partial charge in [-0.1, -0.05) is 22.0 Å². The van der Waals surface area contributed by atoms with Crippen LogP contribution in [0.1, 0.15) is 18.9 Å². The molecule has 5 nitrogen and oxygen atoms in total. The highest BCUT2D eigenvalue weighted by atomic mass is 79.9. The maximum absolute atomic E-state index is 11.8. The summed E-state index contributed by atoms with van der Waals surface area (Å²) in [6.45, 7) is 3.91. The summed E-state index contributed by atoms with van der Waals surface area (Å²) in [4.78, 5) is 24.9. The van der Waals surface area contributed by atoms with E-state index in [1.165, 1.54) is 11.9 Å². The minimum absolute atomic E-state index is 0.335. The first-order chi connectivity index (χ1) is 9.31. The molecule has 110 valence electrons. The molecule has 0 heterocycles. The van der Waals surface area contributed by atoms with Crippen LogP contribution in [0.3, 0.4) is 0 Å². The molecule has 0 fully saturated rings. The van der Waals surface area contributed by atoms with Crippen molar-refractivity contribution in [3.8, 4) is 0 Å². The third kappa shape index (κ3) is 4.94. The monoisotopic (exact) mass is 342 g/mol. The molecule has 1 atom stereocenters. The molecule has 1 aromatic rings. The van der Waals surface area contributed by atoms with Crippen molar-refractivity contribution < 1.29 is 14.7 Å². The van der Waals surface area contributed by atoms with E-state index in [0.29, 0.717) is 18.7 Å². The second-order valence-corrected chi connectivity index (χ2v) is 5.64. The van der Waals surface area contributed by atoms with Gasteiger partial charge >= 0.3 is 11.8 Å². The number of halogens is 1. The molecule has 20 heavy (non-hydrogen) atoms. The molecule has 0 aliphatic heterocycles. The van der Waals surface area contributed by atoms with Gasteiger partial charge in [0.1, 0.15) is 0 Å². The van der Waals surface area contributed by atoms with Gasteiger partial charge in [0.05, 0.1) is 6.10 Å². The molecule has 2 amide bonds. The van der Waals surface area contributed by atoms with Crippen LogP contribution >= 0.6 is 15.9 Å². The van der Waals surface area contributed by atoms with Crippen LogP contribution in [0, 0.1) is 6.92 Å². The van der Waals surface area contributed by atoms with E-state index < -0.39 is 17.9 Å². The number of hydrogen-bond donors (Lipinski definition) is 2. The van der Waals surface area contributed by atoms with Crippen LogP contribution in [-0.4, -0.2) is 41.5 Å². The number of amides is 2.